The number of amides is 1. The fourth-order valence-corrected chi connectivity index (χ4v) is 3.48. The lowest BCUT2D eigenvalue weighted by Crippen LogP contribution is -2.43. The van der Waals surface area contributed by atoms with E-state index in [0.717, 1.165) is 12.1 Å². The molecule has 0 aliphatic heterocycles. The Kier molecular flexibility index (Phi) is 10.2. The maximum atomic E-state index is 12.9. The third kappa shape index (κ3) is 10.3. The van der Waals surface area contributed by atoms with Crippen molar-refractivity contribution in [2.24, 2.45) is 0 Å². The highest BCUT2D eigenvalue weighted by molar-refractivity contribution is 5.71. The largest absolute Gasteiger partial charge is 0.534 e. The maximum Gasteiger partial charge on any atom is 0.534 e. The molecule has 0 N–H and O–H groups in total. The van der Waals surface area contributed by atoms with E-state index in [1.54, 1.807) is 79.7 Å². The predicted octanol–water partition coefficient (Wildman–Crippen LogP) is 8.09. The number of carbonyl (C=O) groups excluding carboxylic acids is 2. The van der Waals surface area contributed by atoms with Gasteiger partial charge in [-0.1, -0.05) is 17.9 Å². The van der Waals surface area contributed by atoms with Crippen molar-refractivity contribution in [1.82, 2.24) is 10.0 Å². The highest BCUT2D eigenvalue weighted by Crippen LogP contribution is 2.31. The molecule has 1 atom stereocenters. The van der Waals surface area contributed by atoms with E-state index in [0.29, 0.717) is 33.4 Å². The van der Waals surface area contributed by atoms with Crippen molar-refractivity contribution in [2.75, 3.05) is 0 Å². The highest BCUT2D eigenvalue weighted by atomic mass is 19.4. The highest BCUT2D eigenvalue weighted by Gasteiger charge is 2.32. The number of aromatic nitrogens is 1. The number of benzene rings is 2. The second-order valence-corrected chi connectivity index (χ2v) is 11.7. The van der Waals surface area contributed by atoms with Crippen LogP contribution in [0.4, 0.5) is 22.8 Å². The summed E-state index contributed by atoms with van der Waals surface area (Å²) < 4.78 is 60.7. The molecule has 0 bridgehead atoms. The van der Waals surface area contributed by atoms with Crippen LogP contribution in [-0.4, -0.2) is 39.5 Å². The fraction of sp³-hybridized carbons (Fsp3) is 0.406. The molecule has 236 valence electrons. The minimum Gasteiger partial charge on any atom is -0.487 e. The molecular formula is C32H35F3N2O7. The van der Waals surface area contributed by atoms with Gasteiger partial charge in [-0.25, -0.2) is 14.6 Å². The molecule has 12 heteroatoms. The SMILES string of the molecule is Cc1oc(-c2ccc(C(F)(F)F)cc2)nc1COc1cccc(C#CC(C)N(OC(=O)OC(C)(C)C)C(=O)OC(C)(C)C)c1. The van der Waals surface area contributed by atoms with Gasteiger partial charge in [0.15, 0.2) is 0 Å². The number of alkyl halides is 3. The van der Waals surface area contributed by atoms with Gasteiger partial charge in [0, 0.05) is 11.1 Å². The zero-order valence-electron chi connectivity index (χ0n) is 25.8. The average Bonchev–Trinajstić information content (AvgIpc) is 3.27. The molecule has 0 fully saturated rings. The summed E-state index contributed by atoms with van der Waals surface area (Å²) in [4.78, 5) is 34.6. The molecule has 0 aliphatic rings. The first kappa shape index (κ1) is 33.8. The Bertz CT molecular complexity index is 1520. The van der Waals surface area contributed by atoms with Gasteiger partial charge >= 0.3 is 18.4 Å². The maximum absolute atomic E-state index is 12.9. The first-order valence-electron chi connectivity index (χ1n) is 13.6. The Labute approximate surface area is 254 Å². The summed E-state index contributed by atoms with van der Waals surface area (Å²) in [5, 5.41) is 0.717. The Hall–Kier alpha value is -4.66. The van der Waals surface area contributed by atoms with Crippen molar-refractivity contribution in [3.8, 4) is 29.0 Å². The van der Waals surface area contributed by atoms with Crippen LogP contribution < -0.4 is 4.74 Å². The van der Waals surface area contributed by atoms with Gasteiger partial charge in [0.2, 0.25) is 5.89 Å². The number of hydrogen-bond donors (Lipinski definition) is 0. The lowest BCUT2D eigenvalue weighted by atomic mass is 10.1. The number of rotatable bonds is 5. The molecule has 2 aromatic carbocycles. The molecule has 0 radical (unpaired) electrons. The number of hydrogen-bond acceptors (Lipinski definition) is 8. The third-order valence-corrected chi connectivity index (χ3v) is 5.47. The molecule has 3 rings (SSSR count). The van der Waals surface area contributed by atoms with Gasteiger partial charge < -0.3 is 18.6 Å². The van der Waals surface area contributed by atoms with Crippen molar-refractivity contribution >= 4 is 12.2 Å². The summed E-state index contributed by atoms with van der Waals surface area (Å²) in [6.07, 6.45) is -6.44. The third-order valence-electron chi connectivity index (χ3n) is 5.47. The second-order valence-electron chi connectivity index (χ2n) is 11.7. The second kappa shape index (κ2) is 13.3. The molecule has 3 aromatic rings. The summed E-state index contributed by atoms with van der Waals surface area (Å²) in [6, 6.07) is 10.4. The molecule has 0 saturated carbocycles. The molecule has 0 spiro atoms. The minimum atomic E-state index is -4.44. The number of oxazole rings is 1. The molecule has 0 aliphatic carbocycles. The minimum absolute atomic E-state index is 0.0272. The molecule has 1 unspecified atom stereocenters. The molecule has 9 nitrogen and oxygen atoms in total. The Balaban J connectivity index is 1.71. The van der Waals surface area contributed by atoms with E-state index in [9.17, 15) is 22.8 Å². The normalized spacial score (nSPS) is 12.4. The number of halogens is 3. The van der Waals surface area contributed by atoms with Crippen molar-refractivity contribution in [2.45, 2.75) is 85.4 Å². The van der Waals surface area contributed by atoms with Crippen LogP contribution in [0.3, 0.4) is 0 Å². The van der Waals surface area contributed by atoms with Gasteiger partial charge in [-0.05, 0) is 97.9 Å². The molecule has 1 aromatic heterocycles. The molecule has 44 heavy (non-hydrogen) atoms. The van der Waals surface area contributed by atoms with Gasteiger partial charge in [-0.3, -0.25) is 4.84 Å². The van der Waals surface area contributed by atoms with Crippen LogP contribution in [0.1, 0.15) is 71.0 Å². The first-order valence-corrected chi connectivity index (χ1v) is 13.6. The topological polar surface area (TPSA) is 100 Å². The lowest BCUT2D eigenvalue weighted by Gasteiger charge is -2.28. The van der Waals surface area contributed by atoms with Crippen LogP contribution in [0.25, 0.3) is 11.5 Å². The van der Waals surface area contributed by atoms with E-state index in [4.69, 9.17) is 23.5 Å². The zero-order chi connectivity index (χ0) is 32.9. The number of hydroxylamine groups is 2. The summed E-state index contributed by atoms with van der Waals surface area (Å²) in [6.45, 7) is 13.3. The van der Waals surface area contributed by atoms with E-state index in [2.05, 4.69) is 16.8 Å². The van der Waals surface area contributed by atoms with Crippen molar-refractivity contribution < 1.29 is 46.2 Å². The van der Waals surface area contributed by atoms with E-state index < -0.39 is 41.2 Å². The van der Waals surface area contributed by atoms with E-state index in [-0.39, 0.29) is 12.5 Å². The quantitative estimate of drug-likeness (QED) is 0.161. The van der Waals surface area contributed by atoms with E-state index in [1.807, 2.05) is 0 Å². The average molecular weight is 617 g/mol. The van der Waals surface area contributed by atoms with Gasteiger partial charge in [0.05, 0.1) is 5.56 Å². The van der Waals surface area contributed by atoms with E-state index in [1.165, 1.54) is 12.1 Å². The Morgan fingerprint density at radius 1 is 0.977 bits per heavy atom. The summed E-state index contributed by atoms with van der Waals surface area (Å²) in [5.41, 5.74) is -1.06. The summed E-state index contributed by atoms with van der Waals surface area (Å²) in [5.74, 6) is 6.88. The van der Waals surface area contributed by atoms with Crippen LogP contribution in [0.15, 0.2) is 52.9 Å². The molecule has 1 amide bonds. The number of aryl methyl sites for hydroxylation is 1. The monoisotopic (exact) mass is 616 g/mol. The van der Waals surface area contributed by atoms with Crippen LogP contribution in [0.2, 0.25) is 0 Å². The van der Waals surface area contributed by atoms with Crippen LogP contribution >= 0.6 is 0 Å². The number of ether oxygens (including phenoxy) is 3. The lowest BCUT2D eigenvalue weighted by molar-refractivity contribution is -0.144. The van der Waals surface area contributed by atoms with E-state index >= 15 is 0 Å². The van der Waals surface area contributed by atoms with Crippen LogP contribution in [0, 0.1) is 18.8 Å². The number of nitrogens with zero attached hydrogens (tertiary/aromatic N) is 2. The van der Waals surface area contributed by atoms with Gasteiger partial charge in [-0.15, -0.1) is 5.06 Å². The molecule has 1 heterocycles. The Morgan fingerprint density at radius 2 is 1.61 bits per heavy atom. The molecule has 0 saturated heterocycles. The van der Waals surface area contributed by atoms with Crippen LogP contribution in [0.5, 0.6) is 5.75 Å². The van der Waals surface area contributed by atoms with Crippen molar-refractivity contribution in [1.29, 1.82) is 0 Å². The van der Waals surface area contributed by atoms with Crippen LogP contribution in [-0.2, 0) is 27.1 Å². The zero-order valence-corrected chi connectivity index (χ0v) is 25.8. The standard InChI is InChI=1S/C32H35F3N2O7/c1-20(37(28(38)42-30(3,4)5)44-29(39)43-31(6,7)8)12-13-22-10-9-11-25(18-22)40-19-26-21(2)41-27(36-26)23-14-16-24(17-15-23)32(33,34)35/h9-11,14-18,20H,19H2,1-8H3. The van der Waals surface area contributed by atoms with Crippen molar-refractivity contribution in [3.63, 3.8) is 0 Å². The Morgan fingerprint density at radius 3 is 2.20 bits per heavy atom. The van der Waals surface area contributed by atoms with Gasteiger partial charge in [-0.2, -0.15) is 13.2 Å². The number of carbonyl (C=O) groups is 2. The first-order chi connectivity index (χ1) is 20.3. The van der Waals surface area contributed by atoms with Gasteiger partial charge in [0.1, 0.15) is 41.1 Å². The predicted molar refractivity (Wildman–Crippen MR) is 154 cm³/mol. The summed E-state index contributed by atoms with van der Waals surface area (Å²) in [7, 11) is 0. The van der Waals surface area contributed by atoms with Crippen molar-refractivity contribution in [3.05, 3.63) is 71.1 Å². The summed E-state index contributed by atoms with van der Waals surface area (Å²) >= 11 is 0. The fourth-order valence-electron chi connectivity index (χ4n) is 3.48. The smallest absolute Gasteiger partial charge is 0.487 e. The molecular weight excluding hydrogens is 581 g/mol. The van der Waals surface area contributed by atoms with Gasteiger partial charge in [0.25, 0.3) is 0 Å².